The molecule has 0 aliphatic heterocycles. The molecule has 1 N–H and O–H groups in total. The van der Waals surface area contributed by atoms with Gasteiger partial charge in [0.05, 0.1) is 19.6 Å². The molecule has 2 nitrogen and oxygen atoms in total. The van der Waals surface area contributed by atoms with Crippen molar-refractivity contribution >= 4 is 0 Å². The van der Waals surface area contributed by atoms with Gasteiger partial charge in [-0.1, -0.05) is 52.9 Å². The summed E-state index contributed by atoms with van der Waals surface area (Å²) in [5.74, 6) is 0. The predicted octanol–water partition coefficient (Wildman–Crippen LogP) is 1.72. The number of nitrogens with zero attached hydrogens (tertiary/aromatic N) is 1. The molecule has 0 aliphatic rings. The zero-order valence-corrected chi connectivity index (χ0v) is 14.9. The molecule has 0 saturated carbocycles. The van der Waals surface area contributed by atoms with Crippen LogP contribution in [0, 0.1) is 0 Å². The lowest BCUT2D eigenvalue weighted by molar-refractivity contribution is -0.945. The topological polar surface area (TPSA) is 20.2 Å². The van der Waals surface area contributed by atoms with Crippen molar-refractivity contribution in [3.05, 3.63) is 0 Å². The number of unbranched alkanes of at least 4 members (excludes halogenated alkanes) is 7. The molecule has 0 atom stereocenters. The molecule has 0 aliphatic carbocycles. The van der Waals surface area contributed by atoms with Crippen LogP contribution in [0.2, 0.25) is 0 Å². The first kappa shape index (κ1) is 22.5. The SMILES string of the molecule is CCCCCC[N+](CO)(CCCC)CCCCCC.[Cl-]. The van der Waals surface area contributed by atoms with E-state index in [2.05, 4.69) is 20.8 Å². The fourth-order valence-corrected chi connectivity index (χ4v) is 2.79. The molecule has 0 radical (unpaired) electrons. The molecule has 0 saturated heterocycles. The highest BCUT2D eigenvalue weighted by molar-refractivity contribution is 4.48. The van der Waals surface area contributed by atoms with Crippen LogP contribution in [0.4, 0.5) is 0 Å². The second kappa shape index (κ2) is 15.6. The Labute approximate surface area is 133 Å². The smallest absolute Gasteiger partial charge is 0.180 e. The van der Waals surface area contributed by atoms with Crippen molar-refractivity contribution in [3.8, 4) is 0 Å². The molecular formula is C17H38ClNO. The number of hydrogen-bond donors (Lipinski definition) is 1. The average molecular weight is 308 g/mol. The van der Waals surface area contributed by atoms with E-state index in [-0.39, 0.29) is 12.4 Å². The maximum Gasteiger partial charge on any atom is 0.180 e. The minimum atomic E-state index is 0. The van der Waals surface area contributed by atoms with Gasteiger partial charge in [0.2, 0.25) is 0 Å². The maximum absolute atomic E-state index is 9.89. The summed E-state index contributed by atoms with van der Waals surface area (Å²) in [6.45, 7) is 10.7. The largest absolute Gasteiger partial charge is 1.00 e. The van der Waals surface area contributed by atoms with Crippen molar-refractivity contribution in [2.45, 2.75) is 85.0 Å². The highest BCUT2D eigenvalue weighted by Crippen LogP contribution is 2.15. The minimum absolute atomic E-state index is 0. The third-order valence-electron chi connectivity index (χ3n) is 4.26. The van der Waals surface area contributed by atoms with E-state index in [4.69, 9.17) is 0 Å². The van der Waals surface area contributed by atoms with Gasteiger partial charge in [0, 0.05) is 0 Å². The number of hydrogen-bond acceptors (Lipinski definition) is 1. The van der Waals surface area contributed by atoms with Gasteiger partial charge in [-0.15, -0.1) is 0 Å². The van der Waals surface area contributed by atoms with Gasteiger partial charge in [-0.25, -0.2) is 0 Å². The van der Waals surface area contributed by atoms with Crippen LogP contribution >= 0.6 is 0 Å². The molecule has 0 aromatic rings. The Balaban J connectivity index is 0. The van der Waals surface area contributed by atoms with Crippen LogP contribution < -0.4 is 12.4 Å². The lowest BCUT2D eigenvalue weighted by atomic mass is 10.1. The zero-order chi connectivity index (χ0) is 14.4. The zero-order valence-electron chi connectivity index (χ0n) is 14.2. The van der Waals surface area contributed by atoms with Gasteiger partial charge in [-0.2, -0.15) is 0 Å². The van der Waals surface area contributed by atoms with E-state index >= 15 is 0 Å². The van der Waals surface area contributed by atoms with Crippen LogP contribution in [-0.2, 0) is 0 Å². The lowest BCUT2D eigenvalue weighted by Crippen LogP contribution is -3.00. The van der Waals surface area contributed by atoms with Gasteiger partial charge in [0.25, 0.3) is 0 Å². The third-order valence-corrected chi connectivity index (χ3v) is 4.26. The lowest BCUT2D eigenvalue weighted by Gasteiger charge is -2.37. The quantitative estimate of drug-likeness (QED) is 0.294. The second-order valence-electron chi connectivity index (χ2n) is 6.13. The molecule has 0 amide bonds. The van der Waals surface area contributed by atoms with Gasteiger partial charge in [0.1, 0.15) is 0 Å². The normalized spacial score (nSPS) is 11.4. The summed E-state index contributed by atoms with van der Waals surface area (Å²) in [5, 5.41) is 9.89. The Kier molecular flexibility index (Phi) is 17.5. The third kappa shape index (κ3) is 10.9. The Hall–Kier alpha value is 0.210. The molecule has 0 unspecified atom stereocenters. The predicted molar refractivity (Wildman–Crippen MR) is 85.1 cm³/mol. The summed E-state index contributed by atoms with van der Waals surface area (Å²) in [4.78, 5) is 0. The second-order valence-corrected chi connectivity index (χ2v) is 6.13. The highest BCUT2D eigenvalue weighted by atomic mass is 35.5. The molecule has 0 spiro atoms. The molecular weight excluding hydrogens is 270 g/mol. The molecule has 124 valence electrons. The maximum atomic E-state index is 9.89. The summed E-state index contributed by atoms with van der Waals surface area (Å²) in [7, 11) is 0. The molecule has 0 bridgehead atoms. The van der Waals surface area contributed by atoms with E-state index in [0.717, 1.165) is 4.48 Å². The molecule has 20 heavy (non-hydrogen) atoms. The van der Waals surface area contributed by atoms with Crippen LogP contribution in [0.15, 0.2) is 0 Å². The highest BCUT2D eigenvalue weighted by Gasteiger charge is 2.24. The first-order valence-corrected chi connectivity index (χ1v) is 8.70. The Bertz CT molecular complexity index is 176. The van der Waals surface area contributed by atoms with Crippen molar-refractivity contribution in [2.75, 3.05) is 26.4 Å². The number of aliphatic hydroxyl groups excluding tert-OH is 1. The van der Waals surface area contributed by atoms with Crippen LogP contribution in [0.3, 0.4) is 0 Å². The van der Waals surface area contributed by atoms with E-state index in [1.54, 1.807) is 0 Å². The number of halogens is 1. The van der Waals surface area contributed by atoms with E-state index in [9.17, 15) is 5.11 Å². The number of quaternary nitrogens is 1. The summed E-state index contributed by atoms with van der Waals surface area (Å²) >= 11 is 0. The van der Waals surface area contributed by atoms with Crippen LogP contribution in [-0.4, -0.2) is 36.0 Å². The summed E-state index contributed by atoms with van der Waals surface area (Å²) < 4.78 is 0.960. The van der Waals surface area contributed by atoms with Crippen molar-refractivity contribution < 1.29 is 22.0 Å². The molecule has 3 heteroatoms. The molecule has 0 fully saturated rings. The number of aliphatic hydroxyl groups is 1. The van der Waals surface area contributed by atoms with Crippen LogP contribution in [0.1, 0.15) is 85.0 Å². The van der Waals surface area contributed by atoms with Crippen LogP contribution in [0.5, 0.6) is 0 Å². The Morgan fingerprint density at radius 1 is 0.600 bits per heavy atom. The Morgan fingerprint density at radius 3 is 1.35 bits per heavy atom. The minimum Gasteiger partial charge on any atom is -1.00 e. The van der Waals surface area contributed by atoms with E-state index in [0.29, 0.717) is 6.73 Å². The van der Waals surface area contributed by atoms with Gasteiger partial charge in [-0.3, -0.25) is 0 Å². The van der Waals surface area contributed by atoms with Gasteiger partial charge < -0.3 is 22.0 Å². The van der Waals surface area contributed by atoms with Crippen molar-refractivity contribution in [1.82, 2.24) is 0 Å². The van der Waals surface area contributed by atoms with E-state index < -0.39 is 0 Å². The van der Waals surface area contributed by atoms with Gasteiger partial charge >= 0.3 is 0 Å². The Morgan fingerprint density at radius 2 is 1.00 bits per heavy atom. The average Bonchev–Trinajstić information content (AvgIpc) is 2.45. The summed E-state index contributed by atoms with van der Waals surface area (Å²) in [6, 6.07) is 0. The standard InChI is InChI=1S/C17H38NO.ClH/c1-4-7-10-12-15-18(17-19,14-9-6-3)16-13-11-8-5-2;/h19H,4-17H2,1-3H3;1H/q+1;/p-1. The van der Waals surface area contributed by atoms with E-state index in [1.165, 1.54) is 83.8 Å². The van der Waals surface area contributed by atoms with Crippen molar-refractivity contribution in [2.24, 2.45) is 0 Å². The summed E-state index contributed by atoms with van der Waals surface area (Å²) in [6.07, 6.45) is 13.0. The number of rotatable bonds is 14. The molecule has 0 heterocycles. The van der Waals surface area contributed by atoms with Gasteiger partial charge in [-0.05, 0) is 32.1 Å². The van der Waals surface area contributed by atoms with Gasteiger partial charge in [0.15, 0.2) is 6.73 Å². The first-order valence-electron chi connectivity index (χ1n) is 8.70. The van der Waals surface area contributed by atoms with Crippen molar-refractivity contribution in [3.63, 3.8) is 0 Å². The molecule has 0 rings (SSSR count). The van der Waals surface area contributed by atoms with Crippen LogP contribution in [0.25, 0.3) is 0 Å². The first-order chi connectivity index (χ1) is 9.24. The van der Waals surface area contributed by atoms with E-state index in [1.807, 2.05) is 0 Å². The fourth-order valence-electron chi connectivity index (χ4n) is 2.79. The molecule has 0 aromatic heterocycles. The summed E-state index contributed by atoms with van der Waals surface area (Å²) in [5.41, 5.74) is 0. The van der Waals surface area contributed by atoms with Crippen molar-refractivity contribution in [1.29, 1.82) is 0 Å². The molecule has 0 aromatic carbocycles. The fraction of sp³-hybridized carbons (Fsp3) is 1.00. The monoisotopic (exact) mass is 307 g/mol.